The molecule has 0 amide bonds. The number of hydrogen-bond donors (Lipinski definition) is 0. The molecular weight excluding hydrogens is 440 g/mol. The Labute approximate surface area is 181 Å². The first-order valence-corrected chi connectivity index (χ1v) is 10.3. The van der Waals surface area contributed by atoms with Crippen molar-refractivity contribution in [1.29, 1.82) is 0 Å². The Hall–Kier alpha value is -3.51. The zero-order valence-electron chi connectivity index (χ0n) is 16.2. The summed E-state index contributed by atoms with van der Waals surface area (Å²) in [7, 11) is 0. The second-order valence-electron chi connectivity index (χ2n) is 6.94. The summed E-state index contributed by atoms with van der Waals surface area (Å²) < 4.78 is 4.62. The van der Waals surface area contributed by atoms with E-state index in [4.69, 9.17) is 4.98 Å². The molecule has 5 nitrogen and oxygen atoms in total. The third-order valence-corrected chi connectivity index (χ3v) is 5.56. The van der Waals surface area contributed by atoms with Crippen molar-refractivity contribution >= 4 is 44.5 Å². The van der Waals surface area contributed by atoms with Gasteiger partial charge in [0.15, 0.2) is 0 Å². The molecule has 0 saturated carbocycles. The van der Waals surface area contributed by atoms with Crippen LogP contribution in [0.5, 0.6) is 0 Å². The fourth-order valence-corrected chi connectivity index (χ4v) is 3.86. The van der Waals surface area contributed by atoms with Crippen molar-refractivity contribution in [3.63, 3.8) is 0 Å². The number of imidazole rings is 1. The molecule has 0 aliphatic rings. The minimum absolute atomic E-state index is 0.103. The summed E-state index contributed by atoms with van der Waals surface area (Å²) in [5.74, 6) is 1.46. The molecule has 146 valence electrons. The summed E-state index contributed by atoms with van der Waals surface area (Å²) in [5.41, 5.74) is 3.16. The van der Waals surface area contributed by atoms with Crippen molar-refractivity contribution in [2.24, 2.45) is 0 Å². The Bertz CT molecular complexity index is 1480. The van der Waals surface area contributed by atoms with E-state index in [1.807, 2.05) is 90.3 Å². The van der Waals surface area contributed by atoms with Crippen LogP contribution in [-0.2, 0) is 0 Å². The summed E-state index contributed by atoms with van der Waals surface area (Å²) in [6.07, 6.45) is 5.75. The van der Waals surface area contributed by atoms with Crippen LogP contribution in [0.25, 0.3) is 34.3 Å². The maximum absolute atomic E-state index is 13.3. The van der Waals surface area contributed by atoms with Crippen LogP contribution >= 0.6 is 15.9 Å². The molecule has 3 aromatic heterocycles. The van der Waals surface area contributed by atoms with Gasteiger partial charge in [0.1, 0.15) is 11.6 Å². The van der Waals surface area contributed by atoms with E-state index in [1.165, 1.54) is 0 Å². The maximum Gasteiger partial charge on any atom is 0.266 e. The van der Waals surface area contributed by atoms with Crippen LogP contribution in [0.1, 0.15) is 17.3 Å². The first-order valence-electron chi connectivity index (χ1n) is 9.51. The van der Waals surface area contributed by atoms with E-state index < -0.39 is 0 Å². The molecule has 30 heavy (non-hydrogen) atoms. The second-order valence-corrected chi connectivity index (χ2v) is 7.85. The van der Waals surface area contributed by atoms with Gasteiger partial charge < -0.3 is 4.40 Å². The van der Waals surface area contributed by atoms with Crippen molar-refractivity contribution in [2.45, 2.75) is 6.92 Å². The van der Waals surface area contributed by atoms with Gasteiger partial charge in [0.05, 0.1) is 27.8 Å². The lowest BCUT2D eigenvalue weighted by atomic mass is 10.2. The maximum atomic E-state index is 13.3. The van der Waals surface area contributed by atoms with Crippen LogP contribution in [0.2, 0.25) is 0 Å². The van der Waals surface area contributed by atoms with E-state index in [1.54, 1.807) is 10.6 Å². The molecule has 0 fully saturated rings. The quantitative estimate of drug-likeness (QED) is 0.371. The molecule has 0 aliphatic carbocycles. The predicted octanol–water partition coefficient (Wildman–Crippen LogP) is 5.27. The van der Waals surface area contributed by atoms with Gasteiger partial charge in [-0.15, -0.1) is 0 Å². The zero-order valence-corrected chi connectivity index (χ0v) is 17.7. The number of hydrogen-bond acceptors (Lipinski definition) is 3. The predicted molar refractivity (Wildman–Crippen MR) is 124 cm³/mol. The summed E-state index contributed by atoms with van der Waals surface area (Å²) in [6.45, 7) is 1.97. The van der Waals surface area contributed by atoms with Gasteiger partial charge in [-0.3, -0.25) is 9.36 Å². The first-order chi connectivity index (χ1) is 14.6. The van der Waals surface area contributed by atoms with Crippen molar-refractivity contribution in [3.05, 3.63) is 105 Å². The molecular formula is C24H17BrN4O. The zero-order chi connectivity index (χ0) is 20.7. The van der Waals surface area contributed by atoms with Gasteiger partial charge >= 0.3 is 0 Å². The van der Waals surface area contributed by atoms with Gasteiger partial charge in [0.2, 0.25) is 0 Å². The normalized spacial score (nSPS) is 11.7. The Morgan fingerprint density at radius 1 is 0.900 bits per heavy atom. The van der Waals surface area contributed by atoms with E-state index in [0.29, 0.717) is 16.7 Å². The summed E-state index contributed by atoms with van der Waals surface area (Å²) >= 11 is 3.45. The van der Waals surface area contributed by atoms with Crippen molar-refractivity contribution in [1.82, 2.24) is 18.9 Å². The van der Waals surface area contributed by atoms with Crippen LogP contribution in [0, 0.1) is 6.92 Å². The van der Waals surface area contributed by atoms with Gasteiger partial charge in [-0.2, -0.15) is 0 Å². The molecule has 0 atom stereocenters. The number of benzene rings is 2. The molecule has 6 heteroatoms. The molecule has 5 aromatic rings. The number of rotatable bonds is 3. The number of nitrogens with zero attached hydrogens (tertiary/aromatic N) is 4. The third-order valence-electron chi connectivity index (χ3n) is 5.03. The smallest absolute Gasteiger partial charge is 0.266 e. The lowest BCUT2D eigenvalue weighted by molar-refractivity contribution is 0.943. The number of para-hydroxylation sites is 1. The molecule has 0 saturated heterocycles. The Morgan fingerprint density at radius 3 is 2.50 bits per heavy atom. The van der Waals surface area contributed by atoms with Crippen molar-refractivity contribution in [2.75, 3.05) is 0 Å². The highest BCUT2D eigenvalue weighted by Crippen LogP contribution is 2.19. The van der Waals surface area contributed by atoms with E-state index in [9.17, 15) is 4.79 Å². The lowest BCUT2D eigenvalue weighted by Gasteiger charge is -2.11. The number of fused-ring (bicyclic) bond motifs is 2. The Morgan fingerprint density at radius 2 is 1.67 bits per heavy atom. The molecule has 0 aliphatic heterocycles. The van der Waals surface area contributed by atoms with Crippen LogP contribution in [0.4, 0.5) is 0 Å². The average molecular weight is 457 g/mol. The number of aryl methyl sites for hydroxylation is 1. The molecule has 0 unspecified atom stereocenters. The monoisotopic (exact) mass is 456 g/mol. The molecule has 0 radical (unpaired) electrons. The van der Waals surface area contributed by atoms with Crippen LogP contribution in [-0.4, -0.2) is 18.9 Å². The summed E-state index contributed by atoms with van der Waals surface area (Å²) in [5, 5.41) is 0.584. The third kappa shape index (κ3) is 3.15. The minimum atomic E-state index is -0.103. The molecule has 5 rings (SSSR count). The summed E-state index contributed by atoms with van der Waals surface area (Å²) in [4.78, 5) is 22.7. The Balaban J connectivity index is 1.73. The van der Waals surface area contributed by atoms with Crippen LogP contribution in [0.3, 0.4) is 0 Å². The molecule has 0 spiro atoms. The fourth-order valence-electron chi connectivity index (χ4n) is 3.60. The fraction of sp³-hybridized carbons (Fsp3) is 0.0417. The molecule has 2 aromatic carbocycles. The van der Waals surface area contributed by atoms with Gasteiger partial charge in [-0.1, -0.05) is 34.1 Å². The van der Waals surface area contributed by atoms with Gasteiger partial charge in [-0.05, 0) is 67.6 Å². The highest BCUT2D eigenvalue weighted by atomic mass is 79.9. The van der Waals surface area contributed by atoms with E-state index >= 15 is 0 Å². The molecule has 0 bridgehead atoms. The van der Waals surface area contributed by atoms with E-state index in [-0.39, 0.29) is 5.56 Å². The average Bonchev–Trinajstić information content (AvgIpc) is 3.09. The van der Waals surface area contributed by atoms with E-state index in [0.717, 1.165) is 27.2 Å². The highest BCUT2D eigenvalue weighted by Gasteiger charge is 2.12. The molecule has 0 N–H and O–H groups in total. The minimum Gasteiger partial charge on any atom is -0.303 e. The standard InChI is InChI=1S/C24H17BrN4O/c1-16-26-21(22-8-4-5-15-28(16)22)13-14-23-27-20-7-3-2-6-19(20)24(30)29(23)18-11-9-17(25)10-12-18/h2-15H,1H3/b14-13+. The summed E-state index contributed by atoms with van der Waals surface area (Å²) in [6, 6.07) is 21.0. The first kappa shape index (κ1) is 18.5. The van der Waals surface area contributed by atoms with Gasteiger partial charge in [0.25, 0.3) is 5.56 Å². The highest BCUT2D eigenvalue weighted by molar-refractivity contribution is 9.10. The number of pyridine rings is 1. The number of halogens is 1. The number of aromatic nitrogens is 4. The van der Waals surface area contributed by atoms with Gasteiger partial charge in [0, 0.05) is 10.7 Å². The van der Waals surface area contributed by atoms with Crippen LogP contribution in [0.15, 0.2) is 82.2 Å². The topological polar surface area (TPSA) is 52.2 Å². The second kappa shape index (κ2) is 7.39. The van der Waals surface area contributed by atoms with Gasteiger partial charge in [-0.25, -0.2) is 9.97 Å². The van der Waals surface area contributed by atoms with E-state index in [2.05, 4.69) is 20.9 Å². The SMILES string of the molecule is Cc1nc(/C=C/c2nc3ccccc3c(=O)n2-c2ccc(Br)cc2)c2ccccn12. The van der Waals surface area contributed by atoms with Crippen molar-refractivity contribution < 1.29 is 0 Å². The van der Waals surface area contributed by atoms with Crippen molar-refractivity contribution in [3.8, 4) is 5.69 Å². The molecule has 3 heterocycles. The Kier molecular flexibility index (Phi) is 4.56. The largest absolute Gasteiger partial charge is 0.303 e. The van der Waals surface area contributed by atoms with Crippen LogP contribution < -0.4 is 5.56 Å². The lowest BCUT2D eigenvalue weighted by Crippen LogP contribution is -2.22.